The average molecular weight is 216 g/mol. The van der Waals surface area contributed by atoms with Gasteiger partial charge in [0.25, 0.3) is 0 Å². The van der Waals surface area contributed by atoms with Gasteiger partial charge in [-0.2, -0.15) is 0 Å². The van der Waals surface area contributed by atoms with Crippen LogP contribution in [0.1, 0.15) is 30.7 Å². The zero-order valence-corrected chi connectivity index (χ0v) is 8.77. The second kappa shape index (κ2) is 4.76. The third kappa shape index (κ3) is 2.25. The van der Waals surface area contributed by atoms with Gasteiger partial charge < -0.3 is 5.73 Å². The van der Waals surface area contributed by atoms with Gasteiger partial charge in [-0.25, -0.2) is 4.39 Å². The predicted octanol–water partition coefficient (Wildman–Crippen LogP) is 2.84. The van der Waals surface area contributed by atoms with Crippen molar-refractivity contribution in [3.8, 4) is 0 Å². The normalized spacial score (nSPS) is 25.9. The summed E-state index contributed by atoms with van der Waals surface area (Å²) in [5, 5.41) is 0. The topological polar surface area (TPSA) is 26.0 Å². The lowest BCUT2D eigenvalue weighted by Gasteiger charge is -2.15. The van der Waals surface area contributed by atoms with Crippen molar-refractivity contribution in [1.82, 2.24) is 0 Å². The van der Waals surface area contributed by atoms with Gasteiger partial charge in [-0.1, -0.05) is 18.6 Å². The maximum atomic E-state index is 12.6. The predicted molar refractivity (Wildman–Crippen MR) is 58.2 cm³/mol. The van der Waals surface area contributed by atoms with E-state index in [1.54, 1.807) is 0 Å². The summed E-state index contributed by atoms with van der Waals surface area (Å²) in [4.78, 5) is 0. The summed E-state index contributed by atoms with van der Waals surface area (Å²) in [6.07, 6.45) is 3.44. The molecule has 0 aromatic heterocycles. The molecule has 78 valence electrons. The van der Waals surface area contributed by atoms with Crippen LogP contribution < -0.4 is 5.73 Å². The summed E-state index contributed by atoms with van der Waals surface area (Å²) >= 11 is 0. The lowest BCUT2D eigenvalue weighted by Crippen LogP contribution is -2.22. The molecule has 1 aromatic carbocycles. The zero-order chi connectivity index (χ0) is 9.26. The molecule has 0 amide bonds. The summed E-state index contributed by atoms with van der Waals surface area (Å²) in [7, 11) is 0. The first kappa shape index (κ1) is 11.5. The van der Waals surface area contributed by atoms with Crippen molar-refractivity contribution in [1.29, 1.82) is 0 Å². The quantitative estimate of drug-likeness (QED) is 0.766. The highest BCUT2D eigenvalue weighted by Crippen LogP contribution is 2.33. The number of halogens is 2. The highest BCUT2D eigenvalue weighted by molar-refractivity contribution is 5.85. The highest BCUT2D eigenvalue weighted by Gasteiger charge is 2.24. The Labute approximate surface area is 89.9 Å². The summed E-state index contributed by atoms with van der Waals surface area (Å²) in [6.45, 7) is 0. The molecule has 2 N–H and O–H groups in total. The van der Waals surface area contributed by atoms with Crippen molar-refractivity contribution >= 4 is 12.4 Å². The number of rotatable bonds is 1. The fraction of sp³-hybridized carbons (Fsp3) is 0.455. The maximum Gasteiger partial charge on any atom is 0.123 e. The van der Waals surface area contributed by atoms with E-state index in [4.69, 9.17) is 5.73 Å². The van der Waals surface area contributed by atoms with Crippen molar-refractivity contribution in [2.75, 3.05) is 0 Å². The van der Waals surface area contributed by atoms with Crippen LogP contribution in [0.15, 0.2) is 24.3 Å². The van der Waals surface area contributed by atoms with E-state index < -0.39 is 0 Å². The van der Waals surface area contributed by atoms with Crippen molar-refractivity contribution in [3.63, 3.8) is 0 Å². The highest BCUT2D eigenvalue weighted by atomic mass is 35.5. The molecule has 0 radical (unpaired) electrons. The van der Waals surface area contributed by atoms with E-state index in [0.717, 1.165) is 12.8 Å². The molecule has 0 saturated heterocycles. The Kier molecular flexibility index (Phi) is 3.90. The number of hydrogen-bond donors (Lipinski definition) is 1. The molecular weight excluding hydrogens is 201 g/mol. The molecule has 2 rings (SSSR count). The molecular formula is C11H15ClFN. The molecule has 0 aliphatic heterocycles. The monoisotopic (exact) mass is 215 g/mol. The van der Waals surface area contributed by atoms with Crippen molar-refractivity contribution in [2.24, 2.45) is 5.73 Å². The van der Waals surface area contributed by atoms with Crippen LogP contribution in [0.4, 0.5) is 4.39 Å². The number of hydrogen-bond acceptors (Lipinski definition) is 1. The molecule has 3 heteroatoms. The Morgan fingerprint density at radius 1 is 1.14 bits per heavy atom. The van der Waals surface area contributed by atoms with Gasteiger partial charge in [0.15, 0.2) is 0 Å². The Morgan fingerprint density at radius 3 is 2.29 bits per heavy atom. The molecule has 1 aliphatic rings. The molecule has 0 bridgehead atoms. The fourth-order valence-corrected chi connectivity index (χ4v) is 2.11. The molecule has 1 fully saturated rings. The van der Waals surface area contributed by atoms with Gasteiger partial charge in [0.1, 0.15) is 5.82 Å². The Morgan fingerprint density at radius 2 is 1.79 bits per heavy atom. The lowest BCUT2D eigenvalue weighted by molar-refractivity contribution is 0.603. The van der Waals surface area contributed by atoms with Crippen LogP contribution in [-0.2, 0) is 0 Å². The van der Waals surface area contributed by atoms with E-state index in [2.05, 4.69) is 0 Å². The summed E-state index contributed by atoms with van der Waals surface area (Å²) in [5.41, 5.74) is 7.14. The largest absolute Gasteiger partial charge is 0.327 e. The van der Waals surface area contributed by atoms with E-state index in [1.165, 1.54) is 24.1 Å². The molecule has 1 nitrogen and oxygen atoms in total. The minimum Gasteiger partial charge on any atom is -0.327 e. The molecule has 1 aliphatic carbocycles. The van der Waals surface area contributed by atoms with Crippen LogP contribution in [0, 0.1) is 5.82 Å². The summed E-state index contributed by atoms with van der Waals surface area (Å²) in [6, 6.07) is 7.00. The van der Waals surface area contributed by atoms with Crippen LogP contribution in [0.5, 0.6) is 0 Å². The fourth-order valence-electron chi connectivity index (χ4n) is 2.11. The lowest BCUT2D eigenvalue weighted by atomic mass is 9.95. The minimum absolute atomic E-state index is 0. The average Bonchev–Trinajstić information content (AvgIpc) is 2.53. The van der Waals surface area contributed by atoms with Gasteiger partial charge in [0.2, 0.25) is 0 Å². The second-order valence-corrected chi connectivity index (χ2v) is 3.75. The Balaban J connectivity index is 0.000000980. The summed E-state index contributed by atoms with van der Waals surface area (Å²) < 4.78 is 12.6. The maximum absolute atomic E-state index is 12.6. The van der Waals surface area contributed by atoms with Crippen molar-refractivity contribution in [3.05, 3.63) is 35.6 Å². The van der Waals surface area contributed by atoms with Crippen LogP contribution in [0.25, 0.3) is 0 Å². The van der Waals surface area contributed by atoms with Gasteiger partial charge in [-0.05, 0) is 36.5 Å². The van der Waals surface area contributed by atoms with E-state index >= 15 is 0 Å². The Bertz CT molecular complexity index is 286. The molecule has 0 spiro atoms. The third-order valence-electron chi connectivity index (χ3n) is 2.87. The first-order valence-corrected chi connectivity index (χ1v) is 4.78. The van der Waals surface area contributed by atoms with Gasteiger partial charge in [-0.3, -0.25) is 0 Å². The molecule has 14 heavy (non-hydrogen) atoms. The van der Waals surface area contributed by atoms with Crippen LogP contribution in [0.2, 0.25) is 0 Å². The molecule has 2 unspecified atom stereocenters. The van der Waals surface area contributed by atoms with Crippen LogP contribution >= 0.6 is 12.4 Å². The standard InChI is InChI=1S/C11H14FN.ClH/c12-9-6-4-8(5-7-9)10-2-1-3-11(10)13;/h4-7,10-11H,1-3,13H2;1H. The van der Waals surface area contributed by atoms with E-state index in [0.29, 0.717) is 5.92 Å². The van der Waals surface area contributed by atoms with Gasteiger partial charge >= 0.3 is 0 Å². The molecule has 0 heterocycles. The molecule has 1 aromatic rings. The first-order valence-electron chi connectivity index (χ1n) is 4.78. The van der Waals surface area contributed by atoms with Crippen molar-refractivity contribution in [2.45, 2.75) is 31.2 Å². The van der Waals surface area contributed by atoms with Gasteiger partial charge in [-0.15, -0.1) is 12.4 Å². The van der Waals surface area contributed by atoms with E-state index in [9.17, 15) is 4.39 Å². The second-order valence-electron chi connectivity index (χ2n) is 3.75. The van der Waals surface area contributed by atoms with Crippen LogP contribution in [-0.4, -0.2) is 6.04 Å². The number of benzene rings is 1. The van der Waals surface area contributed by atoms with Gasteiger partial charge in [0.05, 0.1) is 0 Å². The third-order valence-corrected chi connectivity index (χ3v) is 2.87. The zero-order valence-electron chi connectivity index (χ0n) is 7.95. The van der Waals surface area contributed by atoms with Crippen molar-refractivity contribution < 1.29 is 4.39 Å². The van der Waals surface area contributed by atoms with Gasteiger partial charge in [0, 0.05) is 6.04 Å². The molecule has 2 atom stereocenters. The SMILES string of the molecule is Cl.NC1CCCC1c1ccc(F)cc1. The smallest absolute Gasteiger partial charge is 0.123 e. The van der Waals surface area contributed by atoms with Crippen LogP contribution in [0.3, 0.4) is 0 Å². The summed E-state index contributed by atoms with van der Waals surface area (Å²) in [5.74, 6) is 0.274. The first-order chi connectivity index (χ1) is 6.27. The molecule has 1 saturated carbocycles. The van der Waals surface area contributed by atoms with E-state index in [-0.39, 0.29) is 24.3 Å². The minimum atomic E-state index is -0.171. The van der Waals surface area contributed by atoms with E-state index in [1.807, 2.05) is 12.1 Å². The number of nitrogens with two attached hydrogens (primary N) is 1. The Hall–Kier alpha value is -0.600.